The van der Waals surface area contributed by atoms with Gasteiger partial charge in [0.25, 0.3) is 0 Å². The van der Waals surface area contributed by atoms with E-state index in [0.29, 0.717) is 10.6 Å². The van der Waals surface area contributed by atoms with Crippen LogP contribution in [0.3, 0.4) is 0 Å². The molecule has 6 heteroatoms. The minimum atomic E-state index is -0.665. The molecule has 0 saturated carbocycles. The van der Waals surface area contributed by atoms with Gasteiger partial charge in [0, 0.05) is 10.6 Å². The molecule has 0 aliphatic heterocycles. The number of hydrogen-bond acceptors (Lipinski definition) is 5. The molecule has 0 bridgehead atoms. The van der Waals surface area contributed by atoms with Gasteiger partial charge in [0.05, 0.1) is 7.11 Å². The number of aromatic nitrogens is 2. The lowest BCUT2D eigenvalue weighted by Gasteiger charge is -1.99. The second-order valence-electron chi connectivity index (χ2n) is 3.37. The molecule has 0 unspecified atom stereocenters. The van der Waals surface area contributed by atoms with Crippen molar-refractivity contribution in [2.75, 3.05) is 7.11 Å². The highest BCUT2D eigenvalue weighted by atomic mass is 35.5. The van der Waals surface area contributed by atoms with E-state index in [4.69, 9.17) is 16.0 Å². The summed E-state index contributed by atoms with van der Waals surface area (Å²) in [7, 11) is 1.24. The number of ether oxygens (including phenoxy) is 1. The summed E-state index contributed by atoms with van der Waals surface area (Å²) in [5.41, 5.74) is 1.60. The van der Waals surface area contributed by atoms with E-state index >= 15 is 0 Å². The van der Waals surface area contributed by atoms with Crippen LogP contribution in [0.1, 0.15) is 16.2 Å². The number of halogens is 1. The van der Waals surface area contributed by atoms with E-state index in [1.54, 1.807) is 12.1 Å². The predicted molar refractivity (Wildman–Crippen MR) is 60.8 cm³/mol. The van der Waals surface area contributed by atoms with Crippen LogP contribution in [0.2, 0.25) is 5.02 Å². The number of aryl methyl sites for hydroxylation is 1. The normalized spacial score (nSPS) is 10.3. The molecule has 0 aliphatic carbocycles. The summed E-state index contributed by atoms with van der Waals surface area (Å²) in [6.07, 6.45) is 0. The van der Waals surface area contributed by atoms with Gasteiger partial charge in [0.2, 0.25) is 5.89 Å². The van der Waals surface area contributed by atoms with Gasteiger partial charge in [0.1, 0.15) is 0 Å². The lowest BCUT2D eigenvalue weighted by atomic mass is 10.1. The zero-order chi connectivity index (χ0) is 12.4. The van der Waals surface area contributed by atoms with Crippen LogP contribution in [0.5, 0.6) is 0 Å². The molecule has 17 heavy (non-hydrogen) atoms. The molecule has 0 spiro atoms. The molecule has 0 aliphatic rings. The number of carbonyl (C=O) groups is 1. The van der Waals surface area contributed by atoms with Crippen LogP contribution in [0.4, 0.5) is 0 Å². The van der Waals surface area contributed by atoms with Crippen LogP contribution in [0, 0.1) is 6.92 Å². The molecule has 2 aromatic rings. The first-order valence-corrected chi connectivity index (χ1v) is 5.18. The van der Waals surface area contributed by atoms with E-state index in [9.17, 15) is 4.79 Å². The number of methoxy groups -OCH3 is 1. The molecule has 1 aromatic carbocycles. The van der Waals surface area contributed by atoms with Gasteiger partial charge in [-0.15, -0.1) is 10.2 Å². The fourth-order valence-electron chi connectivity index (χ4n) is 1.24. The molecule has 2 rings (SSSR count). The van der Waals surface area contributed by atoms with Crippen molar-refractivity contribution in [2.24, 2.45) is 0 Å². The van der Waals surface area contributed by atoms with Gasteiger partial charge < -0.3 is 9.15 Å². The molecular formula is C11H9ClN2O3. The maximum Gasteiger partial charge on any atom is 0.396 e. The molecular weight excluding hydrogens is 244 g/mol. The van der Waals surface area contributed by atoms with Gasteiger partial charge in [-0.3, -0.25) is 0 Å². The Morgan fingerprint density at radius 2 is 2.18 bits per heavy atom. The summed E-state index contributed by atoms with van der Waals surface area (Å²) < 4.78 is 9.63. The van der Waals surface area contributed by atoms with Crippen molar-refractivity contribution in [1.82, 2.24) is 10.2 Å². The Bertz CT molecular complexity index is 566. The second-order valence-corrected chi connectivity index (χ2v) is 3.78. The van der Waals surface area contributed by atoms with Crippen LogP contribution in [0.15, 0.2) is 22.6 Å². The average Bonchev–Trinajstić information content (AvgIpc) is 2.81. The zero-order valence-electron chi connectivity index (χ0n) is 9.23. The number of nitrogens with zero attached hydrogens (tertiary/aromatic N) is 2. The van der Waals surface area contributed by atoms with Crippen molar-refractivity contribution >= 4 is 17.6 Å². The molecule has 0 atom stereocenters. The van der Waals surface area contributed by atoms with Crippen LogP contribution in [0.25, 0.3) is 11.5 Å². The third kappa shape index (κ3) is 2.29. The highest BCUT2D eigenvalue weighted by molar-refractivity contribution is 6.31. The number of rotatable bonds is 2. The van der Waals surface area contributed by atoms with Crippen LogP contribution < -0.4 is 0 Å². The summed E-state index contributed by atoms with van der Waals surface area (Å²) in [5.74, 6) is -0.617. The summed E-state index contributed by atoms with van der Waals surface area (Å²) in [4.78, 5) is 11.1. The molecule has 1 aromatic heterocycles. The Balaban J connectivity index is 2.37. The van der Waals surface area contributed by atoms with Crippen molar-refractivity contribution in [3.05, 3.63) is 34.7 Å². The van der Waals surface area contributed by atoms with Crippen LogP contribution >= 0.6 is 11.6 Å². The Labute approximate surface area is 102 Å². The summed E-state index contributed by atoms with van der Waals surface area (Å²) in [6.45, 7) is 1.89. The first-order valence-electron chi connectivity index (χ1n) is 4.80. The van der Waals surface area contributed by atoms with Gasteiger partial charge in [-0.1, -0.05) is 17.7 Å². The topological polar surface area (TPSA) is 65.2 Å². The fraction of sp³-hybridized carbons (Fsp3) is 0.182. The second kappa shape index (κ2) is 4.55. The number of hydrogen-bond donors (Lipinski definition) is 0. The summed E-state index contributed by atoms with van der Waals surface area (Å²) in [5, 5.41) is 7.93. The van der Waals surface area contributed by atoms with Crippen molar-refractivity contribution in [1.29, 1.82) is 0 Å². The minimum Gasteiger partial charge on any atom is -0.462 e. The average molecular weight is 253 g/mol. The van der Waals surface area contributed by atoms with E-state index in [1.165, 1.54) is 7.11 Å². The lowest BCUT2D eigenvalue weighted by Crippen LogP contribution is -2.00. The molecule has 0 saturated heterocycles. The van der Waals surface area contributed by atoms with Gasteiger partial charge in [0.15, 0.2) is 0 Å². The van der Waals surface area contributed by atoms with E-state index in [2.05, 4.69) is 14.9 Å². The van der Waals surface area contributed by atoms with E-state index in [1.807, 2.05) is 13.0 Å². The smallest absolute Gasteiger partial charge is 0.396 e. The Morgan fingerprint density at radius 1 is 1.41 bits per heavy atom. The molecule has 0 amide bonds. The predicted octanol–water partition coefficient (Wildman–Crippen LogP) is 2.49. The van der Waals surface area contributed by atoms with E-state index < -0.39 is 5.97 Å². The first kappa shape index (κ1) is 11.6. The van der Waals surface area contributed by atoms with Gasteiger partial charge in [-0.05, 0) is 24.6 Å². The lowest BCUT2D eigenvalue weighted by molar-refractivity contribution is 0.0556. The monoisotopic (exact) mass is 252 g/mol. The third-order valence-electron chi connectivity index (χ3n) is 2.20. The Morgan fingerprint density at radius 3 is 2.82 bits per heavy atom. The molecule has 0 radical (unpaired) electrons. The highest BCUT2D eigenvalue weighted by Crippen LogP contribution is 2.24. The molecule has 1 heterocycles. The minimum absolute atomic E-state index is 0.181. The number of benzene rings is 1. The zero-order valence-corrected chi connectivity index (χ0v) is 9.99. The Hall–Kier alpha value is -1.88. The maximum atomic E-state index is 11.1. The fourth-order valence-corrected chi connectivity index (χ4v) is 1.42. The molecule has 88 valence electrons. The maximum absolute atomic E-state index is 11.1. The highest BCUT2D eigenvalue weighted by Gasteiger charge is 2.16. The molecule has 0 fully saturated rings. The number of carbonyl (C=O) groups excluding carboxylic acids is 1. The third-order valence-corrected chi connectivity index (χ3v) is 2.61. The van der Waals surface area contributed by atoms with Gasteiger partial charge >= 0.3 is 11.9 Å². The van der Waals surface area contributed by atoms with Crippen molar-refractivity contribution in [2.45, 2.75) is 6.92 Å². The Kier molecular flexibility index (Phi) is 3.10. The van der Waals surface area contributed by atoms with E-state index in [0.717, 1.165) is 5.56 Å². The standard InChI is InChI=1S/C11H9ClN2O3/c1-6-3-4-7(5-8(6)12)9-13-14-10(17-9)11(15)16-2/h3-5H,1-2H3. The van der Waals surface area contributed by atoms with Gasteiger partial charge in [-0.25, -0.2) is 4.79 Å². The molecule has 5 nitrogen and oxygen atoms in total. The quantitative estimate of drug-likeness (QED) is 0.768. The number of esters is 1. The van der Waals surface area contributed by atoms with Crippen LogP contribution in [-0.4, -0.2) is 23.3 Å². The summed E-state index contributed by atoms with van der Waals surface area (Å²) in [6, 6.07) is 5.32. The van der Waals surface area contributed by atoms with Gasteiger partial charge in [-0.2, -0.15) is 0 Å². The van der Waals surface area contributed by atoms with E-state index in [-0.39, 0.29) is 11.8 Å². The van der Waals surface area contributed by atoms with Crippen LogP contribution in [-0.2, 0) is 4.74 Å². The largest absolute Gasteiger partial charge is 0.462 e. The summed E-state index contributed by atoms with van der Waals surface area (Å²) >= 11 is 5.98. The first-order chi connectivity index (χ1) is 8.11. The van der Waals surface area contributed by atoms with Crippen molar-refractivity contribution in [3.8, 4) is 11.5 Å². The van der Waals surface area contributed by atoms with Crippen molar-refractivity contribution < 1.29 is 13.9 Å². The van der Waals surface area contributed by atoms with Crippen molar-refractivity contribution in [3.63, 3.8) is 0 Å². The SMILES string of the molecule is COC(=O)c1nnc(-c2ccc(C)c(Cl)c2)o1. The molecule has 0 N–H and O–H groups in total.